The molecule has 3 aromatic carbocycles. The Kier molecular flexibility index (Phi) is 6.40. The SMILES string of the molecule is COCCCNC1NC(=O)c2c(NC(=O)c3ccccc3)ccc(-c3ccccc3)c21. The maximum Gasteiger partial charge on any atom is 0.255 e. The predicted octanol–water partition coefficient (Wildman–Crippen LogP) is 3.97. The number of methoxy groups -OCH3 is 1. The molecule has 0 saturated carbocycles. The zero-order valence-corrected chi connectivity index (χ0v) is 17.4. The number of carbonyl (C=O) groups excluding carboxylic acids is 2. The molecule has 1 unspecified atom stereocenters. The Morgan fingerprint density at radius 3 is 2.42 bits per heavy atom. The Balaban J connectivity index is 1.71. The quantitative estimate of drug-likeness (QED) is 0.487. The lowest BCUT2D eigenvalue weighted by Crippen LogP contribution is -2.32. The zero-order chi connectivity index (χ0) is 21.6. The number of nitrogens with one attached hydrogen (secondary N) is 3. The molecule has 31 heavy (non-hydrogen) atoms. The topological polar surface area (TPSA) is 79.5 Å². The number of rotatable bonds is 8. The number of hydrogen-bond acceptors (Lipinski definition) is 4. The van der Waals surface area contributed by atoms with E-state index in [1.165, 1.54) is 0 Å². The zero-order valence-electron chi connectivity index (χ0n) is 17.4. The molecule has 3 N–H and O–H groups in total. The van der Waals surface area contributed by atoms with E-state index in [0.717, 1.165) is 23.1 Å². The summed E-state index contributed by atoms with van der Waals surface area (Å²) in [5, 5.41) is 9.34. The van der Waals surface area contributed by atoms with Crippen molar-refractivity contribution in [2.75, 3.05) is 25.6 Å². The number of benzene rings is 3. The second-order valence-corrected chi connectivity index (χ2v) is 7.34. The lowest BCUT2D eigenvalue weighted by Gasteiger charge is -2.18. The molecule has 0 fully saturated rings. The minimum absolute atomic E-state index is 0.208. The summed E-state index contributed by atoms with van der Waals surface area (Å²) in [6.07, 6.45) is 0.478. The van der Waals surface area contributed by atoms with Gasteiger partial charge in [0.2, 0.25) is 0 Å². The molecule has 1 heterocycles. The minimum atomic E-state index is -0.344. The van der Waals surface area contributed by atoms with Gasteiger partial charge in [-0.15, -0.1) is 0 Å². The van der Waals surface area contributed by atoms with Crippen molar-refractivity contribution in [3.05, 3.63) is 89.5 Å². The molecule has 0 bridgehead atoms. The largest absolute Gasteiger partial charge is 0.385 e. The van der Waals surface area contributed by atoms with E-state index in [9.17, 15) is 9.59 Å². The molecule has 6 nitrogen and oxygen atoms in total. The number of hydrogen-bond donors (Lipinski definition) is 3. The van der Waals surface area contributed by atoms with Crippen LogP contribution < -0.4 is 16.0 Å². The number of ether oxygens (including phenoxy) is 1. The fourth-order valence-corrected chi connectivity index (χ4v) is 3.81. The average molecular weight is 415 g/mol. The number of amides is 2. The van der Waals surface area contributed by atoms with Crippen LogP contribution in [0.3, 0.4) is 0 Å². The van der Waals surface area contributed by atoms with Crippen molar-refractivity contribution >= 4 is 17.5 Å². The van der Waals surface area contributed by atoms with Crippen LogP contribution in [0.25, 0.3) is 11.1 Å². The van der Waals surface area contributed by atoms with Crippen LogP contribution in [-0.2, 0) is 4.74 Å². The smallest absolute Gasteiger partial charge is 0.255 e. The summed E-state index contributed by atoms with van der Waals surface area (Å²) in [5.41, 5.74) is 4.35. The second-order valence-electron chi connectivity index (χ2n) is 7.34. The summed E-state index contributed by atoms with van der Waals surface area (Å²) >= 11 is 0. The highest BCUT2D eigenvalue weighted by molar-refractivity contribution is 6.12. The summed E-state index contributed by atoms with van der Waals surface area (Å²) in [5.74, 6) is -0.458. The van der Waals surface area contributed by atoms with Gasteiger partial charge in [0.1, 0.15) is 6.17 Å². The normalized spacial score (nSPS) is 14.7. The Labute approximate surface area is 181 Å². The van der Waals surface area contributed by atoms with Crippen LogP contribution in [-0.4, -0.2) is 32.1 Å². The van der Waals surface area contributed by atoms with Gasteiger partial charge in [-0.05, 0) is 42.3 Å². The fourth-order valence-electron chi connectivity index (χ4n) is 3.81. The molecule has 0 spiro atoms. The van der Waals surface area contributed by atoms with Gasteiger partial charge in [-0.3, -0.25) is 14.9 Å². The van der Waals surface area contributed by atoms with Crippen LogP contribution in [0, 0.1) is 0 Å². The van der Waals surface area contributed by atoms with Gasteiger partial charge >= 0.3 is 0 Å². The molecule has 0 aliphatic carbocycles. The first kappa shape index (κ1) is 20.8. The molecule has 2 amide bonds. The third kappa shape index (κ3) is 4.50. The number of carbonyl (C=O) groups is 2. The van der Waals surface area contributed by atoms with E-state index in [1.807, 2.05) is 54.6 Å². The molecule has 1 atom stereocenters. The third-order valence-corrected chi connectivity index (χ3v) is 5.28. The number of anilines is 1. The highest BCUT2D eigenvalue weighted by Gasteiger charge is 2.34. The minimum Gasteiger partial charge on any atom is -0.385 e. The fraction of sp³-hybridized carbons (Fsp3) is 0.200. The van der Waals surface area contributed by atoms with Gasteiger partial charge in [0.25, 0.3) is 11.8 Å². The summed E-state index contributed by atoms with van der Waals surface area (Å²) in [7, 11) is 1.67. The highest BCUT2D eigenvalue weighted by Crippen LogP contribution is 2.38. The molecular weight excluding hydrogens is 390 g/mol. The molecular formula is C25H25N3O3. The predicted molar refractivity (Wildman–Crippen MR) is 121 cm³/mol. The van der Waals surface area contributed by atoms with Gasteiger partial charge < -0.3 is 15.4 Å². The molecule has 3 aromatic rings. The Morgan fingerprint density at radius 1 is 1.00 bits per heavy atom. The first-order chi connectivity index (χ1) is 15.2. The molecule has 1 aliphatic heterocycles. The van der Waals surface area contributed by atoms with Crippen LogP contribution >= 0.6 is 0 Å². The van der Waals surface area contributed by atoms with E-state index in [4.69, 9.17) is 4.74 Å². The van der Waals surface area contributed by atoms with Crippen LogP contribution in [0.4, 0.5) is 5.69 Å². The van der Waals surface area contributed by atoms with Crippen molar-refractivity contribution in [2.24, 2.45) is 0 Å². The lowest BCUT2D eigenvalue weighted by molar-refractivity contribution is 0.0951. The second kappa shape index (κ2) is 9.55. The maximum atomic E-state index is 13.0. The van der Waals surface area contributed by atoms with Crippen molar-refractivity contribution in [2.45, 2.75) is 12.6 Å². The van der Waals surface area contributed by atoms with Crippen LogP contribution in [0.5, 0.6) is 0 Å². The van der Waals surface area contributed by atoms with E-state index in [0.29, 0.717) is 30.0 Å². The first-order valence-electron chi connectivity index (χ1n) is 10.3. The van der Waals surface area contributed by atoms with Crippen LogP contribution in [0.2, 0.25) is 0 Å². The van der Waals surface area contributed by atoms with Crippen molar-refractivity contribution in [1.82, 2.24) is 10.6 Å². The molecule has 0 saturated heterocycles. The molecule has 0 aromatic heterocycles. The van der Waals surface area contributed by atoms with Gasteiger partial charge in [-0.1, -0.05) is 54.6 Å². The summed E-state index contributed by atoms with van der Waals surface area (Å²) < 4.78 is 5.12. The van der Waals surface area contributed by atoms with Gasteiger partial charge in [0.15, 0.2) is 0 Å². The Morgan fingerprint density at radius 2 is 1.71 bits per heavy atom. The van der Waals surface area contributed by atoms with Crippen LogP contribution in [0.1, 0.15) is 38.9 Å². The summed E-state index contributed by atoms with van der Waals surface area (Å²) in [4.78, 5) is 25.7. The van der Waals surface area contributed by atoms with E-state index >= 15 is 0 Å². The van der Waals surface area contributed by atoms with E-state index in [2.05, 4.69) is 16.0 Å². The van der Waals surface area contributed by atoms with Crippen molar-refractivity contribution < 1.29 is 14.3 Å². The molecule has 158 valence electrons. The average Bonchev–Trinajstić information content (AvgIpc) is 3.15. The first-order valence-corrected chi connectivity index (χ1v) is 10.3. The van der Waals surface area contributed by atoms with Gasteiger partial charge in [0.05, 0.1) is 11.3 Å². The molecule has 0 radical (unpaired) electrons. The van der Waals surface area contributed by atoms with Crippen molar-refractivity contribution in [1.29, 1.82) is 0 Å². The Hall–Kier alpha value is -3.48. The van der Waals surface area contributed by atoms with Crippen molar-refractivity contribution in [3.8, 4) is 11.1 Å². The molecule has 1 aliphatic rings. The maximum absolute atomic E-state index is 13.0. The Bertz CT molecular complexity index is 1070. The summed E-state index contributed by atoms with van der Waals surface area (Å²) in [6.45, 7) is 1.33. The lowest BCUT2D eigenvalue weighted by atomic mass is 9.94. The van der Waals surface area contributed by atoms with E-state index in [1.54, 1.807) is 25.3 Å². The summed E-state index contributed by atoms with van der Waals surface area (Å²) in [6, 6.07) is 22.7. The standard InChI is InChI=1S/C25H25N3O3/c1-31-16-8-15-26-23-21-19(17-9-4-2-5-10-17)13-14-20(22(21)25(30)28-23)27-24(29)18-11-6-3-7-12-18/h2-7,9-14,23,26H,8,15-16H2,1H3,(H,27,29)(H,28,30). The van der Waals surface area contributed by atoms with E-state index < -0.39 is 0 Å². The van der Waals surface area contributed by atoms with Gasteiger partial charge in [0, 0.05) is 24.8 Å². The van der Waals surface area contributed by atoms with Gasteiger partial charge in [-0.25, -0.2) is 0 Å². The third-order valence-electron chi connectivity index (χ3n) is 5.28. The van der Waals surface area contributed by atoms with Gasteiger partial charge in [-0.2, -0.15) is 0 Å². The highest BCUT2D eigenvalue weighted by atomic mass is 16.5. The number of fused-ring (bicyclic) bond motifs is 1. The van der Waals surface area contributed by atoms with Crippen LogP contribution in [0.15, 0.2) is 72.8 Å². The molecule has 4 rings (SSSR count). The van der Waals surface area contributed by atoms with Crippen molar-refractivity contribution in [3.63, 3.8) is 0 Å². The van der Waals surface area contributed by atoms with E-state index in [-0.39, 0.29) is 18.0 Å². The monoisotopic (exact) mass is 415 g/mol. The molecule has 6 heteroatoms.